The quantitative estimate of drug-likeness (QED) is 0.759. The van der Waals surface area contributed by atoms with Crippen molar-refractivity contribution in [2.24, 2.45) is 0 Å². The molecule has 0 radical (unpaired) electrons. The van der Waals surface area contributed by atoms with Crippen molar-refractivity contribution in [3.8, 4) is 11.3 Å². The van der Waals surface area contributed by atoms with E-state index < -0.39 is 0 Å². The number of benzene rings is 1. The van der Waals surface area contributed by atoms with Crippen molar-refractivity contribution >= 4 is 0 Å². The second-order valence-electron chi connectivity index (χ2n) is 6.92. The highest BCUT2D eigenvalue weighted by molar-refractivity contribution is 5.56. The third kappa shape index (κ3) is 3.30. The van der Waals surface area contributed by atoms with Gasteiger partial charge in [-0.1, -0.05) is 35.5 Å². The van der Waals surface area contributed by atoms with Crippen LogP contribution >= 0.6 is 0 Å². The summed E-state index contributed by atoms with van der Waals surface area (Å²) >= 11 is 0. The molecule has 2 atom stereocenters. The van der Waals surface area contributed by atoms with Gasteiger partial charge in [-0.25, -0.2) is 4.98 Å². The maximum Gasteiger partial charge on any atom is 0.167 e. The first-order valence-electron chi connectivity index (χ1n) is 8.95. The molecular formula is C20H24N4O2. The van der Waals surface area contributed by atoms with Gasteiger partial charge < -0.3 is 14.2 Å². The molecule has 1 N–H and O–H groups in total. The molecule has 3 aromatic rings. The lowest BCUT2D eigenvalue weighted by atomic mass is 10.1. The van der Waals surface area contributed by atoms with Crippen LogP contribution in [0.5, 0.6) is 0 Å². The van der Waals surface area contributed by atoms with Crippen LogP contribution in [-0.2, 0) is 11.3 Å². The first-order valence-corrected chi connectivity index (χ1v) is 8.95. The molecule has 0 aliphatic carbocycles. The van der Waals surface area contributed by atoms with E-state index in [-0.39, 0.29) is 12.1 Å². The van der Waals surface area contributed by atoms with Gasteiger partial charge in [0, 0.05) is 37.5 Å². The number of imidazole rings is 1. The second kappa shape index (κ2) is 7.05. The van der Waals surface area contributed by atoms with E-state index in [1.807, 2.05) is 43.3 Å². The molecule has 136 valence electrons. The number of nitrogens with one attached hydrogen (secondary N) is 1. The lowest BCUT2D eigenvalue weighted by molar-refractivity contribution is 0.107. The molecule has 6 nitrogen and oxygen atoms in total. The van der Waals surface area contributed by atoms with Gasteiger partial charge in [0.15, 0.2) is 5.76 Å². The number of H-pyrrole nitrogens is 1. The number of nitrogens with zero attached hydrogens (tertiary/aromatic N) is 3. The van der Waals surface area contributed by atoms with Gasteiger partial charge in [0.2, 0.25) is 0 Å². The smallest absolute Gasteiger partial charge is 0.167 e. The highest BCUT2D eigenvalue weighted by atomic mass is 16.5. The van der Waals surface area contributed by atoms with E-state index in [0.717, 1.165) is 47.2 Å². The Hall–Kier alpha value is -2.44. The van der Waals surface area contributed by atoms with Gasteiger partial charge in [0.1, 0.15) is 5.82 Å². The van der Waals surface area contributed by atoms with Crippen LogP contribution < -0.4 is 0 Å². The van der Waals surface area contributed by atoms with Crippen LogP contribution in [0.2, 0.25) is 0 Å². The molecule has 4 rings (SSSR count). The molecule has 0 unspecified atom stereocenters. The summed E-state index contributed by atoms with van der Waals surface area (Å²) in [6.45, 7) is 5.65. The third-order valence-corrected chi connectivity index (χ3v) is 5.14. The topological polar surface area (TPSA) is 67.2 Å². The van der Waals surface area contributed by atoms with Crippen LogP contribution in [0.3, 0.4) is 0 Å². The zero-order valence-electron chi connectivity index (χ0n) is 15.4. The zero-order valence-corrected chi connectivity index (χ0v) is 15.4. The predicted molar refractivity (Wildman–Crippen MR) is 98.6 cm³/mol. The largest absolute Gasteiger partial charge is 0.380 e. The van der Waals surface area contributed by atoms with Crippen LogP contribution in [-0.4, -0.2) is 39.8 Å². The van der Waals surface area contributed by atoms with Gasteiger partial charge in [-0.2, -0.15) is 0 Å². The molecule has 1 saturated heterocycles. The molecule has 0 bridgehead atoms. The van der Waals surface area contributed by atoms with Crippen LogP contribution in [0.25, 0.3) is 11.3 Å². The Labute approximate surface area is 153 Å². The lowest BCUT2D eigenvalue weighted by Gasteiger charge is -2.21. The number of aryl methyl sites for hydroxylation is 2. The first kappa shape index (κ1) is 17.0. The Morgan fingerprint density at radius 2 is 2.08 bits per heavy atom. The van der Waals surface area contributed by atoms with Gasteiger partial charge in [0.05, 0.1) is 23.5 Å². The van der Waals surface area contributed by atoms with E-state index in [9.17, 15) is 0 Å². The number of likely N-dealkylation sites (tertiary alicyclic amines) is 1. The molecule has 1 fully saturated rings. The lowest BCUT2D eigenvalue weighted by Crippen LogP contribution is -2.25. The number of aromatic amines is 1. The Kier molecular flexibility index (Phi) is 4.61. The summed E-state index contributed by atoms with van der Waals surface area (Å²) in [6.07, 6.45) is 1.12. The molecule has 6 heteroatoms. The molecule has 0 spiro atoms. The number of ether oxygens (including phenoxy) is 1. The maximum atomic E-state index is 5.62. The minimum Gasteiger partial charge on any atom is -0.380 e. The van der Waals surface area contributed by atoms with E-state index in [0.29, 0.717) is 6.54 Å². The van der Waals surface area contributed by atoms with Crippen molar-refractivity contribution in [1.82, 2.24) is 20.0 Å². The third-order valence-electron chi connectivity index (χ3n) is 5.14. The SMILES string of the molecule is CO[C@@H]1C[C@@H](c2nc(C)c(C)[nH]2)N(Cc2cc(-c3ccccc3)on2)C1. The number of methoxy groups -OCH3 is 1. The Balaban J connectivity index is 1.54. The number of hydrogen-bond acceptors (Lipinski definition) is 5. The summed E-state index contributed by atoms with van der Waals surface area (Å²) in [5.74, 6) is 1.80. The standard InChI is InChI=1S/C20H24N4O2/c1-13-14(2)22-20(21-13)18-10-17(25-3)12-24(18)11-16-9-19(26-23-16)15-7-5-4-6-8-15/h4-9,17-18H,10-12H2,1-3H3,(H,21,22)/t17-,18+/m1/s1. The van der Waals surface area contributed by atoms with E-state index >= 15 is 0 Å². The Morgan fingerprint density at radius 3 is 2.77 bits per heavy atom. The van der Waals surface area contributed by atoms with Gasteiger partial charge in [-0.05, 0) is 20.3 Å². The van der Waals surface area contributed by atoms with E-state index in [2.05, 4.69) is 22.0 Å². The molecule has 1 aromatic carbocycles. The summed E-state index contributed by atoms with van der Waals surface area (Å²) < 4.78 is 11.2. The average Bonchev–Trinajstić information content (AvgIpc) is 3.36. The summed E-state index contributed by atoms with van der Waals surface area (Å²) in [6, 6.07) is 12.3. The maximum absolute atomic E-state index is 5.62. The van der Waals surface area contributed by atoms with Crippen LogP contribution in [0, 0.1) is 13.8 Å². The van der Waals surface area contributed by atoms with Crippen molar-refractivity contribution < 1.29 is 9.26 Å². The summed E-state index contributed by atoms with van der Waals surface area (Å²) in [5, 5.41) is 4.27. The van der Waals surface area contributed by atoms with Gasteiger partial charge in [0.25, 0.3) is 0 Å². The molecule has 2 aromatic heterocycles. The minimum absolute atomic E-state index is 0.198. The average molecular weight is 352 g/mol. The van der Waals surface area contributed by atoms with E-state index in [1.54, 1.807) is 7.11 Å². The summed E-state index contributed by atoms with van der Waals surface area (Å²) in [5.41, 5.74) is 4.13. The van der Waals surface area contributed by atoms with Crippen molar-refractivity contribution in [3.63, 3.8) is 0 Å². The fraction of sp³-hybridized carbons (Fsp3) is 0.400. The highest BCUT2D eigenvalue weighted by Gasteiger charge is 2.35. The minimum atomic E-state index is 0.198. The normalized spacial score (nSPS) is 20.7. The van der Waals surface area contributed by atoms with Crippen molar-refractivity contribution in [2.75, 3.05) is 13.7 Å². The summed E-state index contributed by atoms with van der Waals surface area (Å²) in [4.78, 5) is 10.5. The molecule has 1 aliphatic heterocycles. The molecule has 1 aliphatic rings. The predicted octanol–water partition coefficient (Wildman–Crippen LogP) is 3.64. The molecule has 0 amide bonds. The number of aromatic nitrogens is 3. The zero-order chi connectivity index (χ0) is 18.1. The van der Waals surface area contributed by atoms with Crippen molar-refractivity contribution in [1.29, 1.82) is 0 Å². The Bertz CT molecular complexity index is 852. The fourth-order valence-electron chi connectivity index (χ4n) is 3.56. The number of rotatable bonds is 5. The molecule has 26 heavy (non-hydrogen) atoms. The first-order chi connectivity index (χ1) is 12.6. The van der Waals surface area contributed by atoms with Gasteiger partial charge in [-0.15, -0.1) is 0 Å². The van der Waals surface area contributed by atoms with Crippen LogP contribution in [0.15, 0.2) is 40.9 Å². The van der Waals surface area contributed by atoms with Crippen LogP contribution in [0.1, 0.15) is 35.4 Å². The fourth-order valence-corrected chi connectivity index (χ4v) is 3.56. The second-order valence-corrected chi connectivity index (χ2v) is 6.92. The molecular weight excluding hydrogens is 328 g/mol. The summed E-state index contributed by atoms with van der Waals surface area (Å²) in [7, 11) is 1.77. The van der Waals surface area contributed by atoms with E-state index in [1.165, 1.54) is 0 Å². The number of hydrogen-bond donors (Lipinski definition) is 1. The van der Waals surface area contributed by atoms with Crippen molar-refractivity contribution in [3.05, 3.63) is 59.3 Å². The highest BCUT2D eigenvalue weighted by Crippen LogP contribution is 2.34. The van der Waals surface area contributed by atoms with Crippen molar-refractivity contribution in [2.45, 2.75) is 39.0 Å². The molecule has 3 heterocycles. The Morgan fingerprint density at radius 1 is 1.27 bits per heavy atom. The molecule has 0 saturated carbocycles. The van der Waals surface area contributed by atoms with Gasteiger partial charge >= 0.3 is 0 Å². The monoisotopic (exact) mass is 352 g/mol. The van der Waals surface area contributed by atoms with E-state index in [4.69, 9.17) is 14.2 Å². The van der Waals surface area contributed by atoms with Gasteiger partial charge in [-0.3, -0.25) is 4.90 Å². The van der Waals surface area contributed by atoms with Crippen LogP contribution in [0.4, 0.5) is 0 Å².